The van der Waals surface area contributed by atoms with Crippen LogP contribution in [0.3, 0.4) is 0 Å². The molecule has 0 bridgehead atoms. The monoisotopic (exact) mass is 152 g/mol. The molecule has 0 aliphatic carbocycles. The molecule has 0 fully saturated rings. The molecule has 0 atom stereocenters. The smallest absolute Gasteiger partial charge is 0.0586 e. The molecule has 1 radical (unpaired) electrons. The van der Waals surface area contributed by atoms with Crippen LogP contribution in [-0.2, 0) is 21.6 Å². The van der Waals surface area contributed by atoms with E-state index in [1.165, 1.54) is 0 Å². The third-order valence-corrected chi connectivity index (χ3v) is 1.70. The van der Waals surface area contributed by atoms with Crippen LogP contribution in [0.25, 0.3) is 0 Å². The summed E-state index contributed by atoms with van der Waals surface area (Å²) in [5.74, 6) is 0.542. The lowest BCUT2D eigenvalue weighted by Crippen LogP contribution is -1.80. The minimum Gasteiger partial charge on any atom is -0.0586 e. The summed E-state index contributed by atoms with van der Waals surface area (Å²) in [4.78, 5) is 0. The van der Waals surface area contributed by atoms with E-state index in [0.717, 1.165) is 11.1 Å². The Hall–Kier alpha value is -0.760. The zero-order chi connectivity index (χ0) is 7.40. The largest absolute Gasteiger partial charge is 0.463 e. The molecule has 10 heavy (non-hydrogen) atoms. The Bertz CT molecular complexity index is 215. The minimum absolute atomic E-state index is 0.542. The van der Waals surface area contributed by atoms with Crippen molar-refractivity contribution in [2.75, 3.05) is 0 Å². The summed E-state index contributed by atoms with van der Waals surface area (Å²) in [5, 5.41) is 0. The van der Waals surface area contributed by atoms with Crippen LogP contribution in [-0.4, -0.2) is 0 Å². The van der Waals surface area contributed by atoms with E-state index in [2.05, 4.69) is 6.92 Å². The molecule has 0 aromatic heterocycles. The minimum atomic E-state index is 0.542. The Morgan fingerprint density at radius 2 is 1.90 bits per heavy atom. The van der Waals surface area contributed by atoms with Gasteiger partial charge >= 0.3 is 11.7 Å². The Labute approximate surface area is 64.6 Å². The van der Waals surface area contributed by atoms with E-state index in [1.807, 2.05) is 24.3 Å². The number of rotatable bonds is 2. The fraction of sp³-hybridized carbons (Fsp3) is 0.125. The van der Waals surface area contributed by atoms with E-state index in [1.54, 1.807) is 0 Å². The Balaban J connectivity index is 2.78. The summed E-state index contributed by atoms with van der Waals surface area (Å²) in [6.07, 6.45) is 0. The first kappa shape index (κ1) is 7.35. The van der Waals surface area contributed by atoms with E-state index in [9.17, 15) is 4.21 Å². The highest BCUT2D eigenvalue weighted by molar-refractivity contribution is 7.64. The number of hydrogen-bond acceptors (Lipinski definition) is 1. The van der Waals surface area contributed by atoms with Crippen LogP contribution in [0.1, 0.15) is 11.1 Å². The fourth-order valence-electron chi connectivity index (χ4n) is 0.704. The maximum Gasteiger partial charge on any atom is 0.463 e. The van der Waals surface area contributed by atoms with Gasteiger partial charge in [0, 0.05) is 9.77 Å². The van der Waals surface area contributed by atoms with Gasteiger partial charge in [-0.05, 0) is 12.5 Å². The van der Waals surface area contributed by atoms with E-state index in [-0.39, 0.29) is 0 Å². The first-order valence-corrected chi connectivity index (χ1v) is 3.89. The van der Waals surface area contributed by atoms with Crippen LogP contribution in [0.15, 0.2) is 24.3 Å². The van der Waals surface area contributed by atoms with Gasteiger partial charge in [0.1, 0.15) is 0 Å². The molecule has 2 heteroatoms. The summed E-state index contributed by atoms with van der Waals surface area (Å²) >= 11 is 0.590. The molecule has 1 aromatic carbocycles. The lowest BCUT2D eigenvalue weighted by Gasteiger charge is -1.89. The molecule has 0 N–H and O–H groups in total. The van der Waals surface area contributed by atoms with Gasteiger partial charge in [0.2, 0.25) is 0 Å². The zero-order valence-electron chi connectivity index (χ0n) is 5.54. The molecule has 0 aliphatic rings. The van der Waals surface area contributed by atoms with Crippen molar-refractivity contribution < 1.29 is 4.21 Å². The van der Waals surface area contributed by atoms with Gasteiger partial charge in [-0.15, -0.1) is 0 Å². The number of benzene rings is 1. The van der Waals surface area contributed by atoms with Crippen molar-refractivity contribution in [1.82, 2.24) is 0 Å². The van der Waals surface area contributed by atoms with Gasteiger partial charge in [-0.1, -0.05) is 24.3 Å². The van der Waals surface area contributed by atoms with Gasteiger partial charge in [0.15, 0.2) is 0 Å². The highest BCUT2D eigenvalue weighted by Gasteiger charge is 1.99. The molecule has 0 amide bonds. The molecule has 0 saturated heterocycles. The standard InChI is InChI=1S/C8H8OS/c1-7-2-4-8(5-3-7)6-10-9/h2-5H,1,6H2/q+1. The van der Waals surface area contributed by atoms with Crippen LogP contribution >= 0.6 is 0 Å². The van der Waals surface area contributed by atoms with Gasteiger partial charge < -0.3 is 0 Å². The predicted molar refractivity (Wildman–Crippen MR) is 42.7 cm³/mol. The van der Waals surface area contributed by atoms with Crippen molar-refractivity contribution in [2.45, 2.75) is 5.75 Å². The molecule has 0 spiro atoms. The average molecular weight is 152 g/mol. The third kappa shape index (κ3) is 1.88. The van der Waals surface area contributed by atoms with E-state index in [4.69, 9.17) is 0 Å². The van der Waals surface area contributed by atoms with Crippen LogP contribution < -0.4 is 0 Å². The van der Waals surface area contributed by atoms with Gasteiger partial charge in [0.25, 0.3) is 5.75 Å². The molecular formula is C8H8OS+. The SMILES string of the molecule is [CH2]c1ccc(C[S+]=O)cc1. The predicted octanol–water partition coefficient (Wildman–Crippen LogP) is 1.80. The normalized spacial score (nSPS) is 9.30. The summed E-state index contributed by atoms with van der Waals surface area (Å²) in [5.41, 5.74) is 2.05. The highest BCUT2D eigenvalue weighted by atomic mass is 32.1. The summed E-state index contributed by atoms with van der Waals surface area (Å²) < 4.78 is 10.1. The van der Waals surface area contributed by atoms with Gasteiger partial charge in [-0.2, -0.15) is 0 Å². The number of hydrogen-bond donors (Lipinski definition) is 0. The van der Waals surface area contributed by atoms with Crippen molar-refractivity contribution in [3.63, 3.8) is 0 Å². The van der Waals surface area contributed by atoms with E-state index >= 15 is 0 Å². The average Bonchev–Trinajstić information content (AvgIpc) is 1.95. The molecule has 0 unspecified atom stereocenters. The molecule has 0 saturated carbocycles. The molecule has 1 nitrogen and oxygen atoms in total. The van der Waals surface area contributed by atoms with Crippen molar-refractivity contribution in [2.24, 2.45) is 0 Å². The maximum absolute atomic E-state index is 10.1. The van der Waals surface area contributed by atoms with Crippen LogP contribution in [0.5, 0.6) is 0 Å². The molecule has 1 rings (SSSR count). The van der Waals surface area contributed by atoms with Gasteiger partial charge in [-0.3, -0.25) is 0 Å². The highest BCUT2D eigenvalue weighted by Crippen LogP contribution is 2.02. The lowest BCUT2D eigenvalue weighted by atomic mass is 10.2. The van der Waals surface area contributed by atoms with Crippen LogP contribution in [0.4, 0.5) is 0 Å². The Kier molecular flexibility index (Phi) is 2.51. The van der Waals surface area contributed by atoms with Crippen LogP contribution in [0.2, 0.25) is 0 Å². The van der Waals surface area contributed by atoms with Crippen LogP contribution in [0, 0.1) is 6.92 Å². The van der Waals surface area contributed by atoms with Crippen molar-refractivity contribution >= 4 is 11.7 Å². The summed E-state index contributed by atoms with van der Waals surface area (Å²) in [7, 11) is 0. The second-order valence-electron chi connectivity index (χ2n) is 2.08. The van der Waals surface area contributed by atoms with E-state index in [0.29, 0.717) is 17.4 Å². The first-order chi connectivity index (χ1) is 4.83. The van der Waals surface area contributed by atoms with Crippen molar-refractivity contribution in [1.29, 1.82) is 0 Å². The first-order valence-electron chi connectivity index (χ1n) is 2.98. The summed E-state index contributed by atoms with van der Waals surface area (Å²) in [6.45, 7) is 3.74. The third-order valence-electron chi connectivity index (χ3n) is 1.25. The quantitative estimate of drug-likeness (QED) is 0.590. The fourth-order valence-corrected chi connectivity index (χ4v) is 1.03. The molecule has 1 aromatic rings. The molecule has 0 aliphatic heterocycles. The van der Waals surface area contributed by atoms with Crippen molar-refractivity contribution in [3.05, 3.63) is 42.3 Å². The topological polar surface area (TPSA) is 17.1 Å². The second-order valence-corrected chi connectivity index (χ2v) is 2.60. The van der Waals surface area contributed by atoms with Gasteiger partial charge in [-0.25, -0.2) is 0 Å². The Morgan fingerprint density at radius 3 is 2.40 bits per heavy atom. The lowest BCUT2D eigenvalue weighted by molar-refractivity contribution is 0.604. The molecular weight excluding hydrogens is 144 g/mol. The van der Waals surface area contributed by atoms with Gasteiger partial charge in [0.05, 0.1) is 0 Å². The molecule has 51 valence electrons. The Morgan fingerprint density at radius 1 is 1.30 bits per heavy atom. The summed E-state index contributed by atoms with van der Waals surface area (Å²) in [6, 6.07) is 7.66. The zero-order valence-corrected chi connectivity index (χ0v) is 6.36. The maximum atomic E-state index is 10.1. The second kappa shape index (κ2) is 3.42. The van der Waals surface area contributed by atoms with E-state index < -0.39 is 0 Å². The van der Waals surface area contributed by atoms with Crippen molar-refractivity contribution in [3.8, 4) is 0 Å². The molecule has 0 heterocycles.